The van der Waals surface area contributed by atoms with Gasteiger partial charge < -0.3 is 10.4 Å². The largest absolute Gasteiger partial charge is 1.00 e. The van der Waals surface area contributed by atoms with Gasteiger partial charge in [-0.2, -0.15) is 9.91 Å². The summed E-state index contributed by atoms with van der Waals surface area (Å²) in [4.78, 5) is 12.1. The number of amides is 1. The van der Waals surface area contributed by atoms with E-state index in [0.717, 1.165) is 11.1 Å². The Morgan fingerprint density at radius 2 is 1.40 bits per heavy atom. The molecule has 2 saturated heterocycles. The van der Waals surface area contributed by atoms with Gasteiger partial charge in [-0.05, 0) is 11.1 Å². The topological polar surface area (TPSA) is 72.7 Å². The molecule has 25 heavy (non-hydrogen) atoms. The second-order valence-corrected chi connectivity index (χ2v) is 5.96. The van der Waals surface area contributed by atoms with Crippen LogP contribution in [0.15, 0.2) is 60.7 Å². The fraction of sp³-hybridized carbons (Fsp3) is 0.222. The molecular weight excluding hydrogens is 329 g/mol. The first-order chi connectivity index (χ1) is 11.7. The molecule has 2 unspecified atom stereocenters. The molecule has 2 aromatic carbocycles. The first-order valence-corrected chi connectivity index (χ1v) is 7.88. The summed E-state index contributed by atoms with van der Waals surface area (Å²) in [6, 6.07) is 17.4. The van der Waals surface area contributed by atoms with Crippen LogP contribution in [0, 0.1) is 10.4 Å². The summed E-state index contributed by atoms with van der Waals surface area (Å²) in [6.07, 6.45) is 0.387. The quantitative estimate of drug-likeness (QED) is 0.413. The molecule has 0 saturated carbocycles. The fourth-order valence-corrected chi connectivity index (χ4v) is 3.67. The average Bonchev–Trinajstić information content (AvgIpc) is 3.14. The van der Waals surface area contributed by atoms with Gasteiger partial charge in [0.15, 0.2) is 6.04 Å². The van der Waals surface area contributed by atoms with Gasteiger partial charge in [0.25, 0.3) is 0 Å². The first kappa shape index (κ1) is 17.9. The monoisotopic (exact) mass is 345 g/mol. The van der Waals surface area contributed by atoms with Crippen molar-refractivity contribution in [3.63, 3.8) is 0 Å². The van der Waals surface area contributed by atoms with E-state index in [1.54, 1.807) is 5.01 Å². The Bertz CT molecular complexity index is 794. The molecule has 0 bridgehead atoms. The Morgan fingerprint density at radius 1 is 0.880 bits per heavy atom. The van der Waals surface area contributed by atoms with Gasteiger partial charge in [0.2, 0.25) is 11.6 Å². The molecule has 2 atom stereocenters. The molecule has 2 aliphatic rings. The van der Waals surface area contributed by atoms with Gasteiger partial charge in [-0.25, -0.2) is 0 Å². The van der Waals surface area contributed by atoms with Crippen molar-refractivity contribution in [1.29, 1.82) is 0 Å². The zero-order chi connectivity index (χ0) is 16.7. The summed E-state index contributed by atoms with van der Waals surface area (Å²) in [5, 5.41) is 27.2. The van der Waals surface area contributed by atoms with Crippen LogP contribution in [0.5, 0.6) is 0 Å². The Balaban J connectivity index is 0.00000182. The van der Waals surface area contributed by atoms with Crippen molar-refractivity contribution in [1.82, 2.24) is 10.0 Å². The summed E-state index contributed by atoms with van der Waals surface area (Å²) < 4.78 is 0. The summed E-state index contributed by atoms with van der Waals surface area (Å²) in [5.41, 5.74) is 1.74. The van der Waals surface area contributed by atoms with Gasteiger partial charge in [-0.3, -0.25) is 9.80 Å². The predicted octanol–water partition coefficient (Wildman–Crippen LogP) is -0.615. The molecule has 7 heteroatoms. The number of hydrazine groups is 1. The molecule has 2 heterocycles. The Kier molecular flexibility index (Phi) is 5.15. The van der Waals surface area contributed by atoms with Crippen molar-refractivity contribution < 1.29 is 39.3 Å². The standard InChI is InChI=1S/C18H16N3O3.Na/c22-15-11-12-19-16(13-7-3-1-4-8-13)18(21(23)24)17(20(15)19)14-9-5-2-6-10-14;/h1-10,16-17H,11-12H2;/q-1;+1. The van der Waals surface area contributed by atoms with Gasteiger partial charge in [0.1, 0.15) is 6.04 Å². The van der Waals surface area contributed by atoms with Crippen LogP contribution in [-0.2, 0) is 4.79 Å². The molecule has 0 aliphatic carbocycles. The predicted molar refractivity (Wildman–Crippen MR) is 88.5 cm³/mol. The fourth-order valence-electron chi connectivity index (χ4n) is 3.67. The van der Waals surface area contributed by atoms with Crippen molar-refractivity contribution in [2.45, 2.75) is 18.5 Å². The number of nitrogens with zero attached hydrogens (tertiary/aromatic N) is 3. The number of hydrogen-bond acceptors (Lipinski definition) is 4. The SMILES string of the molecule is O=C1CCN2C(c3ccccc3)C(=[N+]([O-])[O-])C(c3ccccc3)N12.[Na+]. The number of carbonyl (C=O) groups excluding carboxylic acids is 1. The zero-order valence-corrected chi connectivity index (χ0v) is 15.9. The molecule has 2 aliphatic heterocycles. The van der Waals surface area contributed by atoms with Crippen molar-refractivity contribution in [3.8, 4) is 0 Å². The third-order valence-corrected chi connectivity index (χ3v) is 4.63. The van der Waals surface area contributed by atoms with Crippen molar-refractivity contribution in [2.24, 2.45) is 0 Å². The molecule has 1 amide bonds. The molecule has 2 aromatic rings. The van der Waals surface area contributed by atoms with E-state index in [0.29, 0.717) is 13.0 Å². The average molecular weight is 345 g/mol. The minimum absolute atomic E-state index is 0. The number of rotatable bonds is 2. The van der Waals surface area contributed by atoms with Crippen LogP contribution in [0.4, 0.5) is 0 Å². The molecule has 0 N–H and O–H groups in total. The second kappa shape index (κ2) is 7.17. The van der Waals surface area contributed by atoms with E-state index >= 15 is 0 Å². The number of fused-ring (bicyclic) bond motifs is 1. The second-order valence-electron chi connectivity index (χ2n) is 5.96. The number of hydrogen-bond donors (Lipinski definition) is 0. The van der Waals surface area contributed by atoms with Crippen LogP contribution in [-0.4, -0.2) is 33.1 Å². The Hall–Kier alpha value is -1.86. The Labute approximate surface area is 167 Å². The van der Waals surface area contributed by atoms with Gasteiger partial charge in [-0.1, -0.05) is 60.7 Å². The van der Waals surface area contributed by atoms with Gasteiger partial charge in [0, 0.05) is 13.0 Å². The summed E-state index contributed by atoms with van der Waals surface area (Å²) in [7, 11) is 0. The molecule has 4 rings (SSSR count). The Morgan fingerprint density at radius 3 is 1.92 bits per heavy atom. The van der Waals surface area contributed by atoms with Crippen molar-refractivity contribution >= 4 is 11.6 Å². The molecular formula is C18H16N3NaO3. The smallest absolute Gasteiger partial charge is 0.612 e. The molecule has 0 aromatic heterocycles. The summed E-state index contributed by atoms with van der Waals surface area (Å²) in [6.45, 7) is 0.499. The van der Waals surface area contributed by atoms with Crippen LogP contribution >= 0.6 is 0 Å². The van der Waals surface area contributed by atoms with Crippen LogP contribution in [0.1, 0.15) is 29.6 Å². The van der Waals surface area contributed by atoms with Crippen molar-refractivity contribution in [2.75, 3.05) is 6.54 Å². The van der Waals surface area contributed by atoms with E-state index in [1.165, 1.54) is 0 Å². The van der Waals surface area contributed by atoms with E-state index in [2.05, 4.69) is 0 Å². The zero-order valence-electron chi connectivity index (χ0n) is 13.9. The maximum atomic E-state index is 12.4. The van der Waals surface area contributed by atoms with E-state index in [9.17, 15) is 15.2 Å². The molecule has 6 nitrogen and oxygen atoms in total. The van der Waals surface area contributed by atoms with Gasteiger partial charge in [0.05, 0.1) is 0 Å². The summed E-state index contributed by atoms with van der Waals surface area (Å²) >= 11 is 0. The van der Waals surface area contributed by atoms with E-state index in [4.69, 9.17) is 0 Å². The van der Waals surface area contributed by atoms with E-state index < -0.39 is 12.1 Å². The maximum Gasteiger partial charge on any atom is 1.00 e. The third kappa shape index (κ3) is 2.95. The normalized spacial score (nSPS) is 22.6. The molecule has 0 radical (unpaired) electrons. The van der Waals surface area contributed by atoms with Crippen LogP contribution in [0.2, 0.25) is 0 Å². The molecule has 122 valence electrons. The van der Waals surface area contributed by atoms with E-state index in [-0.39, 0.29) is 46.1 Å². The number of carbonyl (C=O) groups is 1. The van der Waals surface area contributed by atoms with E-state index in [1.807, 2.05) is 65.7 Å². The maximum absolute atomic E-state index is 12.4. The van der Waals surface area contributed by atoms with Gasteiger partial charge in [-0.15, -0.1) is 0 Å². The third-order valence-electron chi connectivity index (χ3n) is 4.63. The van der Waals surface area contributed by atoms with Crippen LogP contribution in [0.25, 0.3) is 0 Å². The molecule has 0 spiro atoms. The van der Waals surface area contributed by atoms with Crippen LogP contribution in [0.3, 0.4) is 0 Å². The van der Waals surface area contributed by atoms with Crippen LogP contribution < -0.4 is 29.6 Å². The number of benzene rings is 2. The molecule has 2 fully saturated rings. The minimum Gasteiger partial charge on any atom is -0.612 e. The first-order valence-electron chi connectivity index (χ1n) is 7.88. The van der Waals surface area contributed by atoms with Crippen molar-refractivity contribution in [3.05, 3.63) is 82.2 Å². The van der Waals surface area contributed by atoms with Gasteiger partial charge >= 0.3 is 29.6 Å². The summed E-state index contributed by atoms with van der Waals surface area (Å²) in [5.74, 6) is -0.0679. The minimum atomic E-state index is -0.651.